The second kappa shape index (κ2) is 5.02. The van der Waals surface area contributed by atoms with Crippen molar-refractivity contribution < 1.29 is 5.11 Å². The Morgan fingerprint density at radius 3 is 2.50 bits per heavy atom. The number of aromatic amines is 1. The molecule has 1 rings (SSSR count). The normalized spacial score (nSPS) is 13.1. The molecule has 3 heteroatoms. The monoisotopic (exact) mass is 224 g/mol. The topological polar surface area (TPSA) is 48.0 Å². The Balaban J connectivity index is 2.54. The lowest BCUT2D eigenvalue weighted by Crippen LogP contribution is -2.46. The highest BCUT2D eigenvalue weighted by Crippen LogP contribution is 2.21. The third-order valence-electron chi connectivity index (χ3n) is 3.07. The minimum absolute atomic E-state index is 0.0153. The summed E-state index contributed by atoms with van der Waals surface area (Å²) in [5.41, 5.74) is 1.30. The first-order valence-corrected chi connectivity index (χ1v) is 5.87. The van der Waals surface area contributed by atoms with E-state index in [0.717, 1.165) is 13.0 Å². The van der Waals surface area contributed by atoms with Crippen LogP contribution in [0.25, 0.3) is 0 Å². The van der Waals surface area contributed by atoms with Crippen molar-refractivity contribution >= 4 is 0 Å². The van der Waals surface area contributed by atoms with Gasteiger partial charge in [0.2, 0.25) is 0 Å². The summed E-state index contributed by atoms with van der Waals surface area (Å²) in [6, 6.07) is 4.14. The fourth-order valence-electron chi connectivity index (χ4n) is 1.67. The molecule has 0 saturated heterocycles. The second-order valence-electron chi connectivity index (χ2n) is 5.68. The molecule has 3 nitrogen and oxygen atoms in total. The van der Waals surface area contributed by atoms with Gasteiger partial charge in [-0.05, 0) is 32.4 Å². The van der Waals surface area contributed by atoms with Crippen LogP contribution in [-0.4, -0.2) is 28.8 Å². The van der Waals surface area contributed by atoms with Crippen LogP contribution in [-0.2, 0) is 5.41 Å². The van der Waals surface area contributed by atoms with Crippen LogP contribution < -0.4 is 5.32 Å². The zero-order chi connectivity index (χ0) is 12.2. The molecular weight excluding hydrogens is 200 g/mol. The molecule has 0 bridgehead atoms. The summed E-state index contributed by atoms with van der Waals surface area (Å²) in [4.78, 5) is 3.26. The van der Waals surface area contributed by atoms with Crippen molar-refractivity contribution in [2.75, 3.05) is 13.2 Å². The van der Waals surface area contributed by atoms with Crippen LogP contribution in [0, 0.1) is 0 Å². The molecule has 0 atom stereocenters. The van der Waals surface area contributed by atoms with Gasteiger partial charge >= 0.3 is 0 Å². The number of hydrogen-bond donors (Lipinski definition) is 3. The summed E-state index contributed by atoms with van der Waals surface area (Å²) in [5.74, 6) is 0. The van der Waals surface area contributed by atoms with E-state index in [1.807, 2.05) is 12.3 Å². The molecule has 0 aromatic carbocycles. The van der Waals surface area contributed by atoms with Crippen LogP contribution in [0.3, 0.4) is 0 Å². The minimum atomic E-state index is -0.0153. The van der Waals surface area contributed by atoms with Crippen molar-refractivity contribution in [2.45, 2.75) is 45.1 Å². The second-order valence-corrected chi connectivity index (χ2v) is 5.68. The highest BCUT2D eigenvalue weighted by Gasteiger charge is 2.25. The van der Waals surface area contributed by atoms with E-state index in [1.54, 1.807) is 0 Å². The van der Waals surface area contributed by atoms with Crippen molar-refractivity contribution in [3.05, 3.63) is 24.0 Å². The van der Waals surface area contributed by atoms with Crippen LogP contribution in [0.4, 0.5) is 0 Å². The lowest BCUT2D eigenvalue weighted by atomic mass is 9.88. The summed E-state index contributed by atoms with van der Waals surface area (Å²) < 4.78 is 0. The van der Waals surface area contributed by atoms with Crippen molar-refractivity contribution in [1.82, 2.24) is 10.3 Å². The summed E-state index contributed by atoms with van der Waals surface area (Å²) in [6.07, 6.45) is 2.73. The lowest BCUT2D eigenvalue weighted by molar-refractivity contribution is 0.223. The predicted octanol–water partition coefficient (Wildman–Crippen LogP) is 2.04. The van der Waals surface area contributed by atoms with Gasteiger partial charge in [-0.25, -0.2) is 0 Å². The van der Waals surface area contributed by atoms with E-state index in [4.69, 9.17) is 5.11 Å². The first kappa shape index (κ1) is 13.3. The van der Waals surface area contributed by atoms with Gasteiger partial charge in [-0.3, -0.25) is 0 Å². The Hall–Kier alpha value is -0.800. The standard InChI is InChI=1S/C13H24N2O/c1-12(2,11-6-5-8-14-11)10-15-13(3,4)7-9-16/h5-6,8,14-16H,7,9-10H2,1-4H3. The molecule has 0 spiro atoms. The maximum atomic E-state index is 8.97. The third kappa shape index (κ3) is 3.65. The van der Waals surface area contributed by atoms with Crippen molar-refractivity contribution in [3.8, 4) is 0 Å². The molecule has 92 valence electrons. The predicted molar refractivity (Wildman–Crippen MR) is 67.6 cm³/mol. The Labute approximate surface area is 98.3 Å². The van der Waals surface area contributed by atoms with E-state index in [9.17, 15) is 0 Å². The first-order chi connectivity index (χ1) is 7.37. The van der Waals surface area contributed by atoms with Crippen molar-refractivity contribution in [2.24, 2.45) is 0 Å². The van der Waals surface area contributed by atoms with Gasteiger partial charge in [-0.1, -0.05) is 13.8 Å². The van der Waals surface area contributed by atoms with E-state index >= 15 is 0 Å². The molecule has 0 saturated carbocycles. The van der Waals surface area contributed by atoms with E-state index in [1.165, 1.54) is 5.69 Å². The van der Waals surface area contributed by atoms with Gasteiger partial charge in [-0.2, -0.15) is 0 Å². The molecule has 0 aliphatic rings. The molecule has 0 unspecified atom stereocenters. The van der Waals surface area contributed by atoms with Gasteiger partial charge in [-0.15, -0.1) is 0 Å². The highest BCUT2D eigenvalue weighted by atomic mass is 16.3. The largest absolute Gasteiger partial charge is 0.396 e. The number of aliphatic hydroxyl groups excluding tert-OH is 1. The van der Waals surface area contributed by atoms with E-state index < -0.39 is 0 Å². The lowest BCUT2D eigenvalue weighted by Gasteiger charge is -2.32. The van der Waals surface area contributed by atoms with E-state index in [2.05, 4.69) is 44.1 Å². The van der Waals surface area contributed by atoms with Gasteiger partial charge < -0.3 is 15.4 Å². The fourth-order valence-corrected chi connectivity index (χ4v) is 1.67. The Kier molecular flexibility index (Phi) is 4.16. The third-order valence-corrected chi connectivity index (χ3v) is 3.07. The maximum Gasteiger partial charge on any atom is 0.0448 e. The Morgan fingerprint density at radius 1 is 1.31 bits per heavy atom. The number of rotatable bonds is 6. The van der Waals surface area contributed by atoms with Crippen LogP contribution in [0.5, 0.6) is 0 Å². The first-order valence-electron chi connectivity index (χ1n) is 5.87. The number of H-pyrrole nitrogens is 1. The smallest absolute Gasteiger partial charge is 0.0448 e. The average Bonchev–Trinajstić information content (AvgIpc) is 2.68. The molecule has 16 heavy (non-hydrogen) atoms. The molecule has 1 aromatic rings. The molecule has 1 heterocycles. The van der Waals surface area contributed by atoms with Gasteiger partial charge in [0.1, 0.15) is 0 Å². The van der Waals surface area contributed by atoms with Gasteiger partial charge in [0.25, 0.3) is 0 Å². The number of nitrogens with one attached hydrogen (secondary N) is 2. The van der Waals surface area contributed by atoms with Crippen molar-refractivity contribution in [3.63, 3.8) is 0 Å². The maximum absolute atomic E-state index is 8.97. The van der Waals surface area contributed by atoms with Gasteiger partial charge in [0.05, 0.1) is 0 Å². The zero-order valence-electron chi connectivity index (χ0n) is 10.8. The molecule has 1 aromatic heterocycles. The zero-order valence-corrected chi connectivity index (χ0v) is 10.8. The molecular formula is C13H24N2O. The molecule has 0 aliphatic heterocycles. The summed E-state index contributed by atoms with van der Waals surface area (Å²) in [6.45, 7) is 9.77. The number of aromatic nitrogens is 1. The molecule has 0 aliphatic carbocycles. The summed E-state index contributed by atoms with van der Waals surface area (Å²) in [7, 11) is 0. The van der Waals surface area contributed by atoms with Gasteiger partial charge in [0.15, 0.2) is 0 Å². The Morgan fingerprint density at radius 2 is 2.00 bits per heavy atom. The van der Waals surface area contributed by atoms with Crippen LogP contribution in [0.15, 0.2) is 18.3 Å². The average molecular weight is 224 g/mol. The molecule has 3 N–H and O–H groups in total. The Bertz CT molecular complexity index is 302. The summed E-state index contributed by atoms with van der Waals surface area (Å²) in [5, 5.41) is 12.5. The van der Waals surface area contributed by atoms with E-state index in [0.29, 0.717) is 0 Å². The van der Waals surface area contributed by atoms with Crippen molar-refractivity contribution in [1.29, 1.82) is 0 Å². The van der Waals surface area contributed by atoms with Gasteiger partial charge in [0, 0.05) is 36.0 Å². The van der Waals surface area contributed by atoms with Crippen LogP contribution in [0.2, 0.25) is 0 Å². The molecule has 0 amide bonds. The SMILES string of the molecule is CC(C)(CCO)NCC(C)(C)c1ccc[nH]1. The molecule has 0 fully saturated rings. The minimum Gasteiger partial charge on any atom is -0.396 e. The fraction of sp³-hybridized carbons (Fsp3) is 0.692. The quantitative estimate of drug-likeness (QED) is 0.692. The molecule has 0 radical (unpaired) electrons. The van der Waals surface area contributed by atoms with Crippen LogP contribution >= 0.6 is 0 Å². The summed E-state index contributed by atoms with van der Waals surface area (Å²) >= 11 is 0. The highest BCUT2D eigenvalue weighted by molar-refractivity contribution is 5.15. The van der Waals surface area contributed by atoms with Crippen LogP contribution in [0.1, 0.15) is 39.8 Å². The number of hydrogen-bond acceptors (Lipinski definition) is 2. The van der Waals surface area contributed by atoms with E-state index in [-0.39, 0.29) is 17.6 Å². The number of aliphatic hydroxyl groups is 1.